The highest BCUT2D eigenvalue weighted by Crippen LogP contribution is 2.16. The standard InChI is InChI=1S/C15H20N2O/c1-3-15(18)12-4-6-13(7-5-12)16-14-8-10-17(2)11-9-14/h3-7,14,16H,1,8-11H2,2H3. The van der Waals surface area contributed by atoms with E-state index in [1.807, 2.05) is 24.3 Å². The zero-order valence-corrected chi connectivity index (χ0v) is 10.9. The fourth-order valence-electron chi connectivity index (χ4n) is 2.24. The van der Waals surface area contributed by atoms with Crippen molar-refractivity contribution in [1.82, 2.24) is 4.90 Å². The summed E-state index contributed by atoms with van der Waals surface area (Å²) >= 11 is 0. The number of hydrogen-bond acceptors (Lipinski definition) is 3. The first-order chi connectivity index (χ1) is 8.69. The third-order valence-electron chi connectivity index (χ3n) is 3.44. The summed E-state index contributed by atoms with van der Waals surface area (Å²) in [6.07, 6.45) is 3.69. The predicted molar refractivity (Wildman–Crippen MR) is 75.1 cm³/mol. The maximum absolute atomic E-state index is 11.4. The van der Waals surface area contributed by atoms with Crippen molar-refractivity contribution in [3.05, 3.63) is 42.5 Å². The molecule has 0 aliphatic carbocycles. The second-order valence-corrected chi connectivity index (χ2v) is 4.87. The molecule has 0 spiro atoms. The number of carbonyl (C=O) groups is 1. The maximum Gasteiger partial charge on any atom is 0.185 e. The first kappa shape index (κ1) is 12.8. The molecule has 0 bridgehead atoms. The lowest BCUT2D eigenvalue weighted by molar-refractivity contribution is 0.104. The average molecular weight is 244 g/mol. The Morgan fingerprint density at radius 2 is 1.94 bits per heavy atom. The molecule has 1 aromatic rings. The molecule has 2 rings (SSSR count). The summed E-state index contributed by atoms with van der Waals surface area (Å²) in [5, 5.41) is 3.52. The highest BCUT2D eigenvalue weighted by atomic mass is 16.1. The largest absolute Gasteiger partial charge is 0.382 e. The molecule has 3 nitrogen and oxygen atoms in total. The number of rotatable bonds is 4. The molecule has 1 aliphatic rings. The van der Waals surface area contributed by atoms with Gasteiger partial charge in [-0.3, -0.25) is 4.79 Å². The van der Waals surface area contributed by atoms with Gasteiger partial charge in [-0.25, -0.2) is 0 Å². The van der Waals surface area contributed by atoms with E-state index in [0.717, 1.165) is 18.8 Å². The fourth-order valence-corrected chi connectivity index (χ4v) is 2.24. The van der Waals surface area contributed by atoms with Crippen molar-refractivity contribution < 1.29 is 4.79 Å². The van der Waals surface area contributed by atoms with Gasteiger partial charge >= 0.3 is 0 Å². The SMILES string of the molecule is C=CC(=O)c1ccc(NC2CCN(C)CC2)cc1. The summed E-state index contributed by atoms with van der Waals surface area (Å²) in [6.45, 7) is 5.78. The molecule has 3 heteroatoms. The number of nitrogens with one attached hydrogen (secondary N) is 1. The molecule has 0 amide bonds. The van der Waals surface area contributed by atoms with Crippen LogP contribution < -0.4 is 5.32 Å². The third-order valence-corrected chi connectivity index (χ3v) is 3.44. The second-order valence-electron chi connectivity index (χ2n) is 4.87. The predicted octanol–water partition coefficient (Wildman–Crippen LogP) is 2.56. The molecule has 0 unspecified atom stereocenters. The van der Waals surface area contributed by atoms with E-state index in [-0.39, 0.29) is 5.78 Å². The van der Waals surface area contributed by atoms with E-state index in [4.69, 9.17) is 0 Å². The molecule has 0 atom stereocenters. The molecule has 0 aromatic heterocycles. The average Bonchev–Trinajstić information content (AvgIpc) is 2.41. The number of hydrogen-bond donors (Lipinski definition) is 1. The van der Waals surface area contributed by atoms with Crippen LogP contribution in [0.15, 0.2) is 36.9 Å². The zero-order valence-electron chi connectivity index (χ0n) is 10.9. The van der Waals surface area contributed by atoms with Crippen LogP contribution in [0.2, 0.25) is 0 Å². The lowest BCUT2D eigenvalue weighted by atomic mass is 10.0. The van der Waals surface area contributed by atoms with Crippen LogP contribution in [0.3, 0.4) is 0 Å². The Balaban J connectivity index is 1.94. The lowest BCUT2D eigenvalue weighted by Crippen LogP contribution is -2.36. The molecular formula is C15H20N2O. The van der Waals surface area contributed by atoms with Crippen molar-refractivity contribution in [2.45, 2.75) is 18.9 Å². The molecule has 0 saturated carbocycles. The first-order valence-electron chi connectivity index (χ1n) is 6.41. The van der Waals surface area contributed by atoms with Crippen molar-refractivity contribution in [2.75, 3.05) is 25.5 Å². The van der Waals surface area contributed by atoms with E-state index in [1.165, 1.54) is 18.9 Å². The summed E-state index contributed by atoms with van der Waals surface area (Å²) in [6, 6.07) is 8.18. The van der Waals surface area contributed by atoms with Crippen LogP contribution in [0.5, 0.6) is 0 Å². The van der Waals surface area contributed by atoms with Gasteiger partial charge in [-0.15, -0.1) is 0 Å². The summed E-state index contributed by atoms with van der Waals surface area (Å²) in [4.78, 5) is 13.8. The molecule has 1 heterocycles. The third kappa shape index (κ3) is 3.20. The molecule has 1 saturated heterocycles. The lowest BCUT2D eigenvalue weighted by Gasteiger charge is -2.30. The number of allylic oxidation sites excluding steroid dienone is 1. The summed E-state index contributed by atoms with van der Waals surface area (Å²) in [7, 11) is 2.16. The molecular weight excluding hydrogens is 224 g/mol. The van der Waals surface area contributed by atoms with Crippen molar-refractivity contribution >= 4 is 11.5 Å². The molecule has 1 fully saturated rings. The number of ketones is 1. The molecule has 18 heavy (non-hydrogen) atoms. The van der Waals surface area contributed by atoms with E-state index in [9.17, 15) is 4.79 Å². The second kappa shape index (κ2) is 5.83. The van der Waals surface area contributed by atoms with Gasteiger partial charge in [-0.2, -0.15) is 0 Å². The van der Waals surface area contributed by atoms with Crippen molar-refractivity contribution in [2.24, 2.45) is 0 Å². The van der Waals surface area contributed by atoms with E-state index in [2.05, 4.69) is 23.8 Å². The molecule has 1 aliphatic heterocycles. The van der Waals surface area contributed by atoms with Gasteiger partial charge < -0.3 is 10.2 Å². The molecule has 0 radical (unpaired) electrons. The summed E-state index contributed by atoms with van der Waals surface area (Å²) in [5.74, 6) is -0.0270. The Hall–Kier alpha value is -1.61. The van der Waals surface area contributed by atoms with Crippen LogP contribution in [0, 0.1) is 0 Å². The number of carbonyl (C=O) groups excluding carboxylic acids is 1. The van der Waals surface area contributed by atoms with Gasteiger partial charge in [0.25, 0.3) is 0 Å². The van der Waals surface area contributed by atoms with Gasteiger partial charge in [0.15, 0.2) is 5.78 Å². The minimum atomic E-state index is -0.0270. The Bertz CT molecular complexity index is 417. The van der Waals surface area contributed by atoms with Crippen LogP contribution in [0.25, 0.3) is 0 Å². The smallest absolute Gasteiger partial charge is 0.185 e. The Kier molecular flexibility index (Phi) is 4.15. The minimum absolute atomic E-state index is 0.0270. The van der Waals surface area contributed by atoms with Crippen LogP contribution in [0.1, 0.15) is 23.2 Å². The van der Waals surface area contributed by atoms with Crippen molar-refractivity contribution in [1.29, 1.82) is 0 Å². The van der Waals surface area contributed by atoms with Crippen molar-refractivity contribution in [3.8, 4) is 0 Å². The quantitative estimate of drug-likeness (QED) is 0.652. The number of benzene rings is 1. The molecule has 1 aromatic carbocycles. The van der Waals surface area contributed by atoms with E-state index < -0.39 is 0 Å². The van der Waals surface area contributed by atoms with Gasteiger partial charge in [-0.05, 0) is 63.3 Å². The van der Waals surface area contributed by atoms with Crippen LogP contribution in [-0.4, -0.2) is 36.9 Å². The van der Waals surface area contributed by atoms with Gasteiger partial charge in [-0.1, -0.05) is 6.58 Å². The van der Waals surface area contributed by atoms with Gasteiger partial charge in [0.1, 0.15) is 0 Å². The van der Waals surface area contributed by atoms with Gasteiger partial charge in [0.2, 0.25) is 0 Å². The Morgan fingerprint density at radius 1 is 1.33 bits per heavy atom. The van der Waals surface area contributed by atoms with Crippen molar-refractivity contribution in [3.63, 3.8) is 0 Å². The summed E-state index contributed by atoms with van der Waals surface area (Å²) in [5.41, 5.74) is 1.78. The number of likely N-dealkylation sites (tertiary alicyclic amines) is 1. The van der Waals surface area contributed by atoms with E-state index in [0.29, 0.717) is 11.6 Å². The van der Waals surface area contributed by atoms with Crippen LogP contribution in [0.4, 0.5) is 5.69 Å². The normalized spacial score (nSPS) is 17.4. The van der Waals surface area contributed by atoms with Crippen LogP contribution >= 0.6 is 0 Å². The highest BCUT2D eigenvalue weighted by molar-refractivity contribution is 6.04. The maximum atomic E-state index is 11.4. The molecule has 96 valence electrons. The minimum Gasteiger partial charge on any atom is -0.382 e. The number of nitrogens with zero attached hydrogens (tertiary/aromatic N) is 1. The molecule has 1 N–H and O–H groups in total. The monoisotopic (exact) mass is 244 g/mol. The fraction of sp³-hybridized carbons (Fsp3) is 0.400. The topological polar surface area (TPSA) is 32.3 Å². The summed E-state index contributed by atoms with van der Waals surface area (Å²) < 4.78 is 0. The van der Waals surface area contributed by atoms with E-state index in [1.54, 1.807) is 0 Å². The Morgan fingerprint density at radius 3 is 2.50 bits per heavy atom. The van der Waals surface area contributed by atoms with Crippen LogP contribution in [-0.2, 0) is 0 Å². The van der Waals surface area contributed by atoms with Gasteiger partial charge in [0, 0.05) is 17.3 Å². The number of piperidine rings is 1. The van der Waals surface area contributed by atoms with E-state index >= 15 is 0 Å². The first-order valence-corrected chi connectivity index (χ1v) is 6.41. The number of anilines is 1. The Labute approximate surface area is 108 Å². The zero-order chi connectivity index (χ0) is 13.0. The van der Waals surface area contributed by atoms with Gasteiger partial charge in [0.05, 0.1) is 0 Å². The highest BCUT2D eigenvalue weighted by Gasteiger charge is 2.16.